The average Bonchev–Trinajstić information content (AvgIpc) is 2.08. The third-order valence-corrected chi connectivity index (χ3v) is 1.09. The van der Waals surface area contributed by atoms with Crippen molar-refractivity contribution >= 4 is 0 Å². The molecule has 0 amide bonds. The van der Waals surface area contributed by atoms with Crippen LogP contribution in [-0.4, -0.2) is 24.9 Å². The monoisotopic (exact) mass is 312 g/mol. The Balaban J connectivity index is 5.18. The molecule has 0 saturated carbocycles. The Morgan fingerprint density at radius 1 is 0.737 bits per heavy atom. The third-order valence-electron chi connectivity index (χ3n) is 1.09. The Kier molecular flexibility index (Phi) is 5.05. The zero-order chi connectivity index (χ0) is 15.5. The molecule has 0 radical (unpaired) electrons. The first-order valence-electron chi connectivity index (χ1n) is 3.76. The van der Waals surface area contributed by atoms with Gasteiger partial charge < -0.3 is 4.74 Å². The minimum Gasteiger partial charge on any atom is -0.415 e. The van der Waals surface area contributed by atoms with Crippen molar-refractivity contribution in [2.45, 2.75) is 24.9 Å². The van der Waals surface area contributed by atoms with E-state index in [2.05, 4.69) is 9.47 Å². The molecule has 0 rings (SSSR count). The highest BCUT2D eigenvalue weighted by Crippen LogP contribution is 2.43. The van der Waals surface area contributed by atoms with Crippen molar-refractivity contribution in [2.24, 2.45) is 0 Å². The van der Waals surface area contributed by atoms with Gasteiger partial charge in [0.1, 0.15) is 12.6 Å². The van der Waals surface area contributed by atoms with Crippen LogP contribution in [-0.2, 0) is 14.2 Å². The molecule has 19 heavy (non-hydrogen) atoms. The number of alkyl halides is 9. The van der Waals surface area contributed by atoms with Gasteiger partial charge in [-0.15, -0.1) is 22.0 Å². The lowest BCUT2D eigenvalue weighted by Gasteiger charge is -2.29. The minimum atomic E-state index is -6.64. The fourth-order valence-electron chi connectivity index (χ4n) is 0.567. The maximum Gasteiger partial charge on any atom is 0.539 e. The zero-order valence-electron chi connectivity index (χ0n) is 8.16. The molecule has 0 aromatic rings. The van der Waals surface area contributed by atoms with Crippen LogP contribution in [0.15, 0.2) is 12.6 Å². The van der Waals surface area contributed by atoms with E-state index in [0.717, 1.165) is 0 Å². The molecule has 0 saturated heterocycles. The summed E-state index contributed by atoms with van der Waals surface area (Å²) in [5, 5.41) is 0. The molecule has 0 aliphatic heterocycles. The summed E-state index contributed by atoms with van der Waals surface area (Å²) < 4.78 is 126. The number of rotatable bonds is 5. The second-order valence-corrected chi connectivity index (χ2v) is 2.53. The topological polar surface area (TPSA) is 27.7 Å². The van der Waals surface area contributed by atoms with E-state index in [-0.39, 0.29) is 0 Å². The highest BCUT2D eigenvalue weighted by molar-refractivity contribution is 4.69. The Bertz CT molecular complexity index is 320. The molecule has 0 heterocycles. The van der Waals surface area contributed by atoms with Gasteiger partial charge in [-0.3, -0.25) is 0 Å². The lowest BCUT2D eigenvalue weighted by Crippen LogP contribution is -2.53. The third kappa shape index (κ3) is 5.96. The van der Waals surface area contributed by atoms with Crippen LogP contribution in [0.1, 0.15) is 0 Å². The van der Waals surface area contributed by atoms with E-state index < -0.39 is 37.5 Å². The molecule has 0 aromatic heterocycles. The van der Waals surface area contributed by atoms with Crippen molar-refractivity contribution in [3.05, 3.63) is 12.6 Å². The van der Waals surface area contributed by atoms with Crippen molar-refractivity contribution in [1.82, 2.24) is 0 Å². The molecule has 0 fully saturated rings. The van der Waals surface area contributed by atoms with Crippen molar-refractivity contribution < 1.29 is 58.1 Å². The second-order valence-electron chi connectivity index (χ2n) is 2.53. The quantitative estimate of drug-likeness (QED) is 0.440. The zero-order valence-corrected chi connectivity index (χ0v) is 8.16. The summed E-state index contributed by atoms with van der Waals surface area (Å²) in [5.74, 6) is 0. The van der Waals surface area contributed by atoms with Gasteiger partial charge in [-0.25, -0.2) is 13.9 Å². The second kappa shape index (κ2) is 5.40. The molecular formula is C6H2F10O3. The van der Waals surface area contributed by atoms with E-state index in [1.165, 1.54) is 0 Å². The van der Waals surface area contributed by atoms with Crippen LogP contribution in [0.3, 0.4) is 0 Å². The van der Waals surface area contributed by atoms with Gasteiger partial charge in [0.25, 0.3) is 0 Å². The van der Waals surface area contributed by atoms with Gasteiger partial charge in [0.05, 0.1) is 0 Å². The van der Waals surface area contributed by atoms with Gasteiger partial charge in [0.15, 0.2) is 0 Å². The van der Waals surface area contributed by atoms with Gasteiger partial charge in [0.2, 0.25) is 0 Å². The largest absolute Gasteiger partial charge is 0.539 e. The van der Waals surface area contributed by atoms with Gasteiger partial charge >= 0.3 is 24.9 Å². The van der Waals surface area contributed by atoms with E-state index in [0.29, 0.717) is 0 Å². The molecule has 0 spiro atoms. The fraction of sp³-hybridized carbons (Fsp3) is 0.667. The van der Waals surface area contributed by atoms with Crippen LogP contribution < -0.4 is 0 Å². The molecule has 1 atom stereocenters. The van der Waals surface area contributed by atoms with E-state index in [1.54, 1.807) is 0 Å². The molecular weight excluding hydrogens is 310 g/mol. The lowest BCUT2D eigenvalue weighted by atomic mass is 10.5. The summed E-state index contributed by atoms with van der Waals surface area (Å²) in [4.78, 5) is 0. The highest BCUT2D eigenvalue weighted by Gasteiger charge is 2.69. The van der Waals surface area contributed by atoms with E-state index in [4.69, 9.17) is 0 Å². The summed E-state index contributed by atoms with van der Waals surface area (Å²) in [5.41, 5.74) is 0. The van der Waals surface area contributed by atoms with Crippen LogP contribution >= 0.6 is 0 Å². The summed E-state index contributed by atoms with van der Waals surface area (Å²) in [6, 6.07) is -6.25. The standard InChI is InChI=1S/C6H2F10O3/c7-1-2-17-6(15,16)19-4(11,3(8,9)10)18-5(12,13)14/h1-2H. The average molecular weight is 312 g/mol. The molecule has 0 aromatic carbocycles. The predicted octanol–water partition coefficient (Wildman–Crippen LogP) is 3.73. The van der Waals surface area contributed by atoms with Crippen molar-refractivity contribution in [3.8, 4) is 0 Å². The Hall–Kier alpha value is -1.24. The summed E-state index contributed by atoms with van der Waals surface area (Å²) in [6.07, 6.45) is -19.9. The Labute approximate surface area is 96.9 Å². The number of ether oxygens (including phenoxy) is 3. The first kappa shape index (κ1) is 17.8. The predicted molar refractivity (Wildman–Crippen MR) is 34.4 cm³/mol. The van der Waals surface area contributed by atoms with Crippen molar-refractivity contribution in [2.75, 3.05) is 0 Å². The first-order chi connectivity index (χ1) is 8.22. The Morgan fingerprint density at radius 2 is 1.21 bits per heavy atom. The van der Waals surface area contributed by atoms with Crippen LogP contribution in [0, 0.1) is 0 Å². The minimum absolute atomic E-state index is 0.593. The normalized spacial score (nSPS) is 17.6. The van der Waals surface area contributed by atoms with Gasteiger partial charge in [-0.1, -0.05) is 0 Å². The summed E-state index contributed by atoms with van der Waals surface area (Å²) in [6.45, 7) is 0. The van der Waals surface area contributed by atoms with E-state index in [9.17, 15) is 43.9 Å². The SMILES string of the molecule is FC=COC(F)(F)OC(F)(OC(F)(F)F)C(F)(F)F. The smallest absolute Gasteiger partial charge is 0.415 e. The lowest BCUT2D eigenvalue weighted by molar-refractivity contribution is -0.572. The van der Waals surface area contributed by atoms with Crippen LogP contribution in [0.5, 0.6) is 0 Å². The Morgan fingerprint density at radius 3 is 1.53 bits per heavy atom. The summed E-state index contributed by atoms with van der Waals surface area (Å²) in [7, 11) is 0. The van der Waals surface area contributed by atoms with Crippen LogP contribution in [0.4, 0.5) is 43.9 Å². The van der Waals surface area contributed by atoms with Crippen LogP contribution in [0.2, 0.25) is 0 Å². The van der Waals surface area contributed by atoms with E-state index >= 15 is 0 Å². The highest BCUT2D eigenvalue weighted by atomic mass is 19.4. The molecule has 13 heteroatoms. The summed E-state index contributed by atoms with van der Waals surface area (Å²) >= 11 is 0. The first-order valence-corrected chi connectivity index (χ1v) is 3.76. The van der Waals surface area contributed by atoms with Crippen molar-refractivity contribution in [3.63, 3.8) is 0 Å². The molecule has 0 aliphatic carbocycles. The van der Waals surface area contributed by atoms with E-state index in [1.807, 2.05) is 4.74 Å². The van der Waals surface area contributed by atoms with Crippen molar-refractivity contribution in [1.29, 1.82) is 0 Å². The molecule has 0 N–H and O–H groups in total. The number of hydrogen-bond acceptors (Lipinski definition) is 3. The van der Waals surface area contributed by atoms with Gasteiger partial charge in [-0.2, -0.15) is 17.6 Å². The number of halogens is 10. The fourth-order valence-corrected chi connectivity index (χ4v) is 0.567. The molecule has 1 unspecified atom stereocenters. The molecule has 0 bridgehead atoms. The maximum absolute atomic E-state index is 12.8. The van der Waals surface area contributed by atoms with Gasteiger partial charge in [-0.05, 0) is 0 Å². The van der Waals surface area contributed by atoms with Crippen LogP contribution in [0.25, 0.3) is 0 Å². The number of hydrogen-bond donors (Lipinski definition) is 0. The molecule has 114 valence electrons. The maximum atomic E-state index is 12.8. The van der Waals surface area contributed by atoms with Gasteiger partial charge in [0, 0.05) is 0 Å². The molecule has 0 aliphatic rings. The molecule has 3 nitrogen and oxygen atoms in total.